The first kappa shape index (κ1) is 12.1. The Labute approximate surface area is 102 Å². The summed E-state index contributed by atoms with van der Waals surface area (Å²) < 4.78 is 7.20. The largest absolute Gasteiger partial charge is 0.383 e. The lowest BCUT2D eigenvalue weighted by Crippen LogP contribution is -2.21. The Morgan fingerprint density at radius 3 is 2.88 bits per heavy atom. The lowest BCUT2D eigenvalue weighted by molar-refractivity contribution is 0.199. The van der Waals surface area contributed by atoms with E-state index in [1.165, 1.54) is 16.5 Å². The first-order valence-electron chi connectivity index (χ1n) is 6.05. The number of nitrogens with zero attached hydrogens (tertiary/aromatic N) is 1. The minimum absolute atomic E-state index is 0.773. The predicted molar refractivity (Wildman–Crippen MR) is 71.4 cm³/mol. The summed E-state index contributed by atoms with van der Waals surface area (Å²) >= 11 is 0. The zero-order chi connectivity index (χ0) is 12.1. The highest BCUT2D eigenvalue weighted by atomic mass is 16.5. The summed E-state index contributed by atoms with van der Waals surface area (Å²) in [5, 5.41) is 4.74. The molecular weight excluding hydrogens is 212 g/mol. The highest BCUT2D eigenvalue weighted by Gasteiger charge is 2.04. The number of nitrogens with one attached hydrogen (secondary N) is 1. The first-order chi connectivity index (χ1) is 8.33. The molecule has 1 aromatic carbocycles. The molecule has 2 rings (SSSR count). The van der Waals surface area contributed by atoms with Gasteiger partial charge in [0, 0.05) is 37.8 Å². The quantitative estimate of drug-likeness (QED) is 0.771. The van der Waals surface area contributed by atoms with Crippen LogP contribution in [0.2, 0.25) is 0 Å². The van der Waals surface area contributed by atoms with Crippen molar-refractivity contribution >= 4 is 10.9 Å². The Morgan fingerprint density at radius 1 is 1.24 bits per heavy atom. The van der Waals surface area contributed by atoms with Gasteiger partial charge in [0.1, 0.15) is 0 Å². The molecule has 0 fully saturated rings. The van der Waals surface area contributed by atoms with Crippen molar-refractivity contribution in [1.82, 2.24) is 9.88 Å². The van der Waals surface area contributed by atoms with Crippen molar-refractivity contribution in [2.24, 2.45) is 7.05 Å². The van der Waals surface area contributed by atoms with Gasteiger partial charge < -0.3 is 14.6 Å². The molecular formula is C14H20N2O. The summed E-state index contributed by atoms with van der Waals surface area (Å²) in [6.07, 6.45) is 3.29. The number of aryl methyl sites for hydroxylation is 1. The molecule has 3 nitrogen and oxygen atoms in total. The van der Waals surface area contributed by atoms with Gasteiger partial charge in [-0.25, -0.2) is 0 Å². The molecule has 0 saturated heterocycles. The van der Waals surface area contributed by atoms with Crippen LogP contribution in [-0.2, 0) is 18.2 Å². The van der Waals surface area contributed by atoms with E-state index in [-0.39, 0.29) is 0 Å². The van der Waals surface area contributed by atoms with E-state index in [9.17, 15) is 0 Å². The lowest BCUT2D eigenvalue weighted by atomic mass is 10.1. The van der Waals surface area contributed by atoms with Crippen LogP contribution in [0.1, 0.15) is 5.56 Å². The van der Waals surface area contributed by atoms with Crippen LogP contribution in [0.15, 0.2) is 30.5 Å². The van der Waals surface area contributed by atoms with E-state index in [0.29, 0.717) is 0 Å². The summed E-state index contributed by atoms with van der Waals surface area (Å²) in [5.41, 5.74) is 2.72. The van der Waals surface area contributed by atoms with Crippen molar-refractivity contribution in [3.63, 3.8) is 0 Å². The molecule has 0 atom stereocenters. The van der Waals surface area contributed by atoms with Crippen LogP contribution >= 0.6 is 0 Å². The standard InChI is InChI=1S/C14H20N2O/c1-16-11-12(7-8-15-9-10-17-2)13-5-3-4-6-14(13)16/h3-6,11,15H,7-10H2,1-2H3. The third kappa shape index (κ3) is 2.87. The summed E-state index contributed by atoms with van der Waals surface area (Å²) in [5.74, 6) is 0. The van der Waals surface area contributed by atoms with Crippen LogP contribution in [0.3, 0.4) is 0 Å². The Balaban J connectivity index is 1.99. The number of para-hydroxylation sites is 1. The summed E-state index contributed by atoms with van der Waals surface area (Å²) in [6, 6.07) is 8.55. The molecule has 0 aliphatic heterocycles. The van der Waals surface area contributed by atoms with E-state index >= 15 is 0 Å². The molecule has 0 spiro atoms. The van der Waals surface area contributed by atoms with Crippen LogP contribution in [0.5, 0.6) is 0 Å². The topological polar surface area (TPSA) is 26.2 Å². The van der Waals surface area contributed by atoms with Crippen molar-refractivity contribution in [3.05, 3.63) is 36.0 Å². The molecule has 1 heterocycles. The zero-order valence-electron chi connectivity index (χ0n) is 10.6. The SMILES string of the molecule is COCCNCCc1cn(C)c2ccccc12. The fraction of sp³-hybridized carbons (Fsp3) is 0.429. The van der Waals surface area contributed by atoms with Crippen molar-refractivity contribution in [2.45, 2.75) is 6.42 Å². The van der Waals surface area contributed by atoms with Gasteiger partial charge in [0.05, 0.1) is 6.61 Å². The highest BCUT2D eigenvalue weighted by molar-refractivity contribution is 5.83. The van der Waals surface area contributed by atoms with Crippen molar-refractivity contribution in [2.75, 3.05) is 26.8 Å². The Morgan fingerprint density at radius 2 is 2.06 bits per heavy atom. The van der Waals surface area contributed by atoms with Crippen LogP contribution < -0.4 is 5.32 Å². The van der Waals surface area contributed by atoms with Crippen LogP contribution in [0.4, 0.5) is 0 Å². The van der Waals surface area contributed by atoms with Crippen LogP contribution in [-0.4, -0.2) is 31.4 Å². The van der Waals surface area contributed by atoms with Gasteiger partial charge in [0.15, 0.2) is 0 Å². The monoisotopic (exact) mass is 232 g/mol. The van der Waals surface area contributed by atoms with Gasteiger partial charge in [-0.1, -0.05) is 18.2 Å². The molecule has 0 amide bonds. The van der Waals surface area contributed by atoms with Gasteiger partial charge >= 0.3 is 0 Å². The lowest BCUT2D eigenvalue weighted by Gasteiger charge is -2.03. The van der Waals surface area contributed by atoms with Gasteiger partial charge in [-0.05, 0) is 24.6 Å². The van der Waals surface area contributed by atoms with Crippen molar-refractivity contribution in [1.29, 1.82) is 0 Å². The van der Waals surface area contributed by atoms with Crippen molar-refractivity contribution in [3.8, 4) is 0 Å². The molecule has 0 aliphatic carbocycles. The maximum absolute atomic E-state index is 5.00. The Kier molecular flexibility index (Phi) is 4.18. The second kappa shape index (κ2) is 5.84. The highest BCUT2D eigenvalue weighted by Crippen LogP contribution is 2.20. The molecule has 0 saturated carbocycles. The van der Waals surface area contributed by atoms with Gasteiger partial charge in [0.2, 0.25) is 0 Å². The molecule has 2 aromatic rings. The zero-order valence-corrected chi connectivity index (χ0v) is 10.6. The number of fused-ring (bicyclic) bond motifs is 1. The van der Waals surface area contributed by atoms with E-state index in [4.69, 9.17) is 4.74 Å². The second-order valence-electron chi connectivity index (χ2n) is 4.28. The fourth-order valence-electron chi connectivity index (χ4n) is 2.15. The Bertz CT molecular complexity index is 476. The molecule has 1 aromatic heterocycles. The second-order valence-corrected chi connectivity index (χ2v) is 4.28. The molecule has 1 N–H and O–H groups in total. The van der Waals surface area contributed by atoms with Crippen LogP contribution in [0.25, 0.3) is 10.9 Å². The first-order valence-corrected chi connectivity index (χ1v) is 6.05. The van der Waals surface area contributed by atoms with Crippen molar-refractivity contribution < 1.29 is 4.74 Å². The van der Waals surface area contributed by atoms with Crippen LogP contribution in [0, 0.1) is 0 Å². The van der Waals surface area contributed by atoms with E-state index in [1.54, 1.807) is 7.11 Å². The van der Waals surface area contributed by atoms with Gasteiger partial charge in [-0.3, -0.25) is 0 Å². The third-order valence-electron chi connectivity index (χ3n) is 3.03. The molecule has 0 radical (unpaired) electrons. The molecule has 92 valence electrons. The molecule has 0 aliphatic rings. The smallest absolute Gasteiger partial charge is 0.0587 e. The van der Waals surface area contributed by atoms with Gasteiger partial charge in [0.25, 0.3) is 0 Å². The number of rotatable bonds is 6. The van der Waals surface area contributed by atoms with E-state index in [1.807, 2.05) is 0 Å². The average Bonchev–Trinajstić information content (AvgIpc) is 2.67. The number of aromatic nitrogens is 1. The molecule has 17 heavy (non-hydrogen) atoms. The maximum Gasteiger partial charge on any atom is 0.0587 e. The van der Waals surface area contributed by atoms with Gasteiger partial charge in [-0.2, -0.15) is 0 Å². The summed E-state index contributed by atoms with van der Waals surface area (Å²) in [6.45, 7) is 2.69. The predicted octanol–water partition coefficient (Wildman–Crippen LogP) is 1.96. The van der Waals surface area contributed by atoms with Gasteiger partial charge in [-0.15, -0.1) is 0 Å². The maximum atomic E-state index is 5.00. The normalized spacial score (nSPS) is 11.2. The Hall–Kier alpha value is -1.32. The number of ether oxygens (including phenoxy) is 1. The molecule has 0 unspecified atom stereocenters. The number of hydrogen-bond acceptors (Lipinski definition) is 2. The minimum Gasteiger partial charge on any atom is -0.383 e. The molecule has 3 heteroatoms. The number of benzene rings is 1. The summed E-state index contributed by atoms with van der Waals surface area (Å²) in [4.78, 5) is 0. The molecule has 0 bridgehead atoms. The minimum atomic E-state index is 0.773. The average molecular weight is 232 g/mol. The van der Waals surface area contributed by atoms with E-state index in [0.717, 1.165) is 26.1 Å². The van der Waals surface area contributed by atoms with E-state index < -0.39 is 0 Å². The van der Waals surface area contributed by atoms with E-state index in [2.05, 4.69) is 47.4 Å². The third-order valence-corrected chi connectivity index (χ3v) is 3.03. The summed E-state index contributed by atoms with van der Waals surface area (Å²) in [7, 11) is 3.83. The number of hydrogen-bond donors (Lipinski definition) is 1. The number of methoxy groups -OCH3 is 1. The fourth-order valence-corrected chi connectivity index (χ4v) is 2.15.